The average Bonchev–Trinajstić information content (AvgIpc) is 3.42. The fraction of sp³-hybridized carbons (Fsp3) is 0.385. The van der Waals surface area contributed by atoms with Gasteiger partial charge in [-0.2, -0.15) is 8.78 Å². The molecule has 2 amide bonds. The number of rotatable bonds is 7. The van der Waals surface area contributed by atoms with Crippen LogP contribution in [-0.4, -0.2) is 61.5 Å². The van der Waals surface area contributed by atoms with Crippen molar-refractivity contribution in [3.8, 4) is 0 Å². The minimum Gasteiger partial charge on any atom is -0.458 e. The molecule has 0 bridgehead atoms. The first kappa shape index (κ1) is 27.6. The van der Waals surface area contributed by atoms with Crippen molar-refractivity contribution in [3.63, 3.8) is 0 Å². The number of carbonyl (C=O) groups is 2. The molecule has 1 unspecified atom stereocenters. The third kappa shape index (κ3) is 5.82. The van der Waals surface area contributed by atoms with Crippen molar-refractivity contribution in [2.75, 3.05) is 25.1 Å². The standard InChI is InChI=1S/C26H26F3N5O5S/c1-14-9-17-19(10-27)39-25(33-21(35)15-5-3-2-4-6-15)34-26(17,13-37-14)23-32-20(12-40-23)31-22(36)18-8-7-16(11-30-18)38-24(28)29/h2-8,12,14,17,19,24,30H,9-11,13H2,1H3,(H,31,36)(H,33,34,35)/t14-,17?,19+,26-/m0/s1. The Morgan fingerprint density at radius 1 is 1.23 bits per heavy atom. The number of ether oxygens (including phenoxy) is 3. The van der Waals surface area contributed by atoms with Crippen LogP contribution in [0.25, 0.3) is 0 Å². The zero-order chi connectivity index (χ0) is 28.3. The van der Waals surface area contributed by atoms with E-state index in [9.17, 15) is 22.8 Å². The Hall–Kier alpha value is -3.91. The van der Waals surface area contributed by atoms with Crippen molar-refractivity contribution in [2.45, 2.75) is 37.7 Å². The van der Waals surface area contributed by atoms with Gasteiger partial charge in [0.15, 0.2) is 0 Å². The zero-order valence-corrected chi connectivity index (χ0v) is 22.1. The number of alkyl halides is 3. The van der Waals surface area contributed by atoms with Gasteiger partial charge in [0.2, 0.25) is 0 Å². The third-order valence-electron chi connectivity index (χ3n) is 6.70. The second-order valence-electron chi connectivity index (χ2n) is 9.37. The number of nitrogens with zero attached hydrogens (tertiary/aromatic N) is 2. The Balaban J connectivity index is 1.40. The summed E-state index contributed by atoms with van der Waals surface area (Å²) >= 11 is 1.20. The number of aliphatic imine (C=N–C) groups is 1. The van der Waals surface area contributed by atoms with Crippen LogP contribution < -0.4 is 16.0 Å². The molecule has 4 heterocycles. The van der Waals surface area contributed by atoms with Gasteiger partial charge in [-0.3, -0.25) is 14.9 Å². The lowest BCUT2D eigenvalue weighted by molar-refractivity contribution is -0.113. The Morgan fingerprint density at radius 3 is 2.73 bits per heavy atom. The molecule has 40 heavy (non-hydrogen) atoms. The van der Waals surface area contributed by atoms with E-state index in [1.54, 1.807) is 35.7 Å². The van der Waals surface area contributed by atoms with E-state index >= 15 is 0 Å². The summed E-state index contributed by atoms with van der Waals surface area (Å²) in [6, 6.07) is 8.33. The van der Waals surface area contributed by atoms with Crippen LogP contribution >= 0.6 is 11.3 Å². The molecule has 5 rings (SSSR count). The van der Waals surface area contributed by atoms with Crippen LogP contribution in [-0.2, 0) is 24.5 Å². The van der Waals surface area contributed by atoms with Crippen molar-refractivity contribution in [3.05, 3.63) is 69.9 Å². The molecule has 1 saturated heterocycles. The number of dihydropyridines is 1. The number of carbonyl (C=O) groups excluding carboxylic acids is 2. The number of halogens is 3. The lowest BCUT2D eigenvalue weighted by Gasteiger charge is -2.47. The predicted octanol–water partition coefficient (Wildman–Crippen LogP) is 3.47. The first-order valence-corrected chi connectivity index (χ1v) is 13.3. The van der Waals surface area contributed by atoms with Crippen molar-refractivity contribution in [2.24, 2.45) is 10.9 Å². The van der Waals surface area contributed by atoms with E-state index in [0.29, 0.717) is 17.0 Å². The monoisotopic (exact) mass is 577 g/mol. The van der Waals surface area contributed by atoms with Gasteiger partial charge in [-0.1, -0.05) is 18.2 Å². The molecule has 10 nitrogen and oxygen atoms in total. The molecular weight excluding hydrogens is 551 g/mol. The lowest BCUT2D eigenvalue weighted by Crippen LogP contribution is -2.57. The Morgan fingerprint density at radius 2 is 2.02 bits per heavy atom. The number of anilines is 1. The smallest absolute Gasteiger partial charge is 0.387 e. The summed E-state index contributed by atoms with van der Waals surface area (Å²) in [6.07, 6.45) is 1.95. The number of aromatic nitrogens is 1. The molecule has 1 fully saturated rings. The van der Waals surface area contributed by atoms with Crippen LogP contribution in [0.15, 0.2) is 64.3 Å². The van der Waals surface area contributed by atoms with Gasteiger partial charge in [0, 0.05) is 16.9 Å². The normalized spacial score (nSPS) is 25.8. The Labute approximate surface area is 231 Å². The number of fused-ring (bicyclic) bond motifs is 1. The van der Waals surface area contributed by atoms with Gasteiger partial charge in [-0.15, -0.1) is 11.3 Å². The van der Waals surface area contributed by atoms with E-state index in [-0.39, 0.29) is 42.6 Å². The van der Waals surface area contributed by atoms with Crippen molar-refractivity contribution in [1.29, 1.82) is 0 Å². The molecule has 1 aromatic heterocycles. The Bertz CT molecular complexity index is 1350. The first-order valence-electron chi connectivity index (χ1n) is 12.4. The first-order chi connectivity index (χ1) is 19.3. The number of amides is 2. The highest BCUT2D eigenvalue weighted by atomic mass is 32.1. The van der Waals surface area contributed by atoms with E-state index in [0.717, 1.165) is 0 Å². The fourth-order valence-corrected chi connectivity index (χ4v) is 5.72. The summed E-state index contributed by atoms with van der Waals surface area (Å²) < 4.78 is 55.2. The van der Waals surface area contributed by atoms with Crippen LogP contribution in [0.5, 0.6) is 0 Å². The van der Waals surface area contributed by atoms with E-state index in [1.807, 2.05) is 6.92 Å². The second-order valence-corrected chi connectivity index (χ2v) is 10.2. The molecule has 1 aromatic carbocycles. The molecule has 4 atom stereocenters. The van der Waals surface area contributed by atoms with Crippen LogP contribution in [0.4, 0.5) is 19.0 Å². The molecule has 212 valence electrons. The summed E-state index contributed by atoms with van der Waals surface area (Å²) in [7, 11) is 0. The maximum atomic E-state index is 14.3. The SMILES string of the molecule is C[C@H]1CC2[C@@H](CF)OC(NC(=O)c3ccccc3)=N[C@@]2(c2nc(NC(=O)C3=CC=C(OC(F)F)CN3)cs2)CO1. The Kier molecular flexibility index (Phi) is 8.07. The molecule has 2 aromatic rings. The van der Waals surface area contributed by atoms with E-state index < -0.39 is 42.7 Å². The molecule has 0 saturated carbocycles. The summed E-state index contributed by atoms with van der Waals surface area (Å²) in [5, 5.41) is 10.1. The van der Waals surface area contributed by atoms with Gasteiger partial charge >= 0.3 is 6.61 Å². The number of amidine groups is 1. The topological polar surface area (TPSA) is 123 Å². The molecule has 3 aliphatic heterocycles. The van der Waals surface area contributed by atoms with E-state index in [2.05, 4.69) is 25.7 Å². The highest BCUT2D eigenvalue weighted by Crippen LogP contribution is 2.47. The maximum Gasteiger partial charge on any atom is 0.387 e. The second kappa shape index (κ2) is 11.7. The highest BCUT2D eigenvalue weighted by molar-refractivity contribution is 7.10. The maximum absolute atomic E-state index is 14.3. The van der Waals surface area contributed by atoms with Crippen LogP contribution in [0.1, 0.15) is 28.7 Å². The van der Waals surface area contributed by atoms with Crippen LogP contribution in [0, 0.1) is 5.92 Å². The van der Waals surface area contributed by atoms with Gasteiger partial charge in [-0.05, 0) is 37.6 Å². The third-order valence-corrected chi connectivity index (χ3v) is 7.71. The van der Waals surface area contributed by atoms with Crippen LogP contribution in [0.2, 0.25) is 0 Å². The number of benzene rings is 1. The molecule has 0 radical (unpaired) electrons. The minimum absolute atomic E-state index is 0.00545. The van der Waals surface area contributed by atoms with Gasteiger partial charge < -0.3 is 24.8 Å². The zero-order valence-electron chi connectivity index (χ0n) is 21.2. The highest BCUT2D eigenvalue weighted by Gasteiger charge is 2.54. The number of hydrogen-bond acceptors (Lipinski definition) is 9. The van der Waals surface area contributed by atoms with Gasteiger partial charge in [0.05, 0.1) is 19.3 Å². The van der Waals surface area contributed by atoms with Crippen molar-refractivity contribution in [1.82, 2.24) is 15.6 Å². The van der Waals surface area contributed by atoms with Gasteiger partial charge in [-0.25, -0.2) is 14.4 Å². The number of nitrogens with one attached hydrogen (secondary N) is 3. The summed E-state index contributed by atoms with van der Waals surface area (Å²) in [5.74, 6) is -1.25. The van der Waals surface area contributed by atoms with Gasteiger partial charge in [0.25, 0.3) is 17.8 Å². The molecule has 0 aliphatic carbocycles. The van der Waals surface area contributed by atoms with Crippen LogP contribution in [0.3, 0.4) is 0 Å². The molecular formula is C26H26F3N5O5S. The fourth-order valence-electron chi connectivity index (χ4n) is 4.77. The lowest BCUT2D eigenvalue weighted by atomic mass is 9.75. The summed E-state index contributed by atoms with van der Waals surface area (Å²) in [5.41, 5.74) is -0.654. The molecule has 3 aliphatic rings. The quantitative estimate of drug-likeness (QED) is 0.461. The summed E-state index contributed by atoms with van der Waals surface area (Å²) in [6.45, 7) is -1.92. The van der Waals surface area contributed by atoms with Gasteiger partial charge in [0.1, 0.15) is 40.6 Å². The molecule has 3 N–H and O–H groups in total. The number of hydrogen-bond donors (Lipinski definition) is 3. The van der Waals surface area contributed by atoms with E-state index in [1.165, 1.54) is 23.5 Å². The van der Waals surface area contributed by atoms with Crippen molar-refractivity contribution >= 4 is 35.0 Å². The summed E-state index contributed by atoms with van der Waals surface area (Å²) in [4.78, 5) is 34.8. The minimum atomic E-state index is -2.96. The largest absolute Gasteiger partial charge is 0.458 e. The van der Waals surface area contributed by atoms with Crippen molar-refractivity contribution < 1.29 is 37.0 Å². The number of thiazole rings is 1. The number of allylic oxidation sites excluding steroid dienone is 2. The molecule has 0 spiro atoms. The van der Waals surface area contributed by atoms with E-state index in [4.69, 9.17) is 14.5 Å². The average molecular weight is 578 g/mol. The predicted molar refractivity (Wildman–Crippen MR) is 139 cm³/mol. The molecule has 14 heteroatoms.